The second kappa shape index (κ2) is 6.75. The molecule has 24 heavy (non-hydrogen) atoms. The van der Waals surface area contributed by atoms with Crippen LogP contribution >= 0.6 is 0 Å². The zero-order valence-corrected chi connectivity index (χ0v) is 12.8. The Morgan fingerprint density at radius 2 is 1.54 bits per heavy atom. The number of para-hydroxylation sites is 1. The van der Waals surface area contributed by atoms with E-state index in [4.69, 9.17) is 5.73 Å². The molecule has 0 bridgehead atoms. The Balaban J connectivity index is 1.83. The number of rotatable bonds is 4. The normalized spacial score (nSPS) is 10.2. The second-order valence-electron chi connectivity index (χ2n) is 5.17. The van der Waals surface area contributed by atoms with E-state index < -0.39 is 5.91 Å². The number of nitrogens with zero attached hydrogens (tertiary/aromatic N) is 1. The minimum absolute atomic E-state index is 0.281. The van der Waals surface area contributed by atoms with E-state index in [9.17, 15) is 9.59 Å². The van der Waals surface area contributed by atoms with E-state index in [2.05, 4.69) is 10.3 Å². The fourth-order valence-electron chi connectivity index (χ4n) is 2.24. The number of hydrogen-bond acceptors (Lipinski definition) is 3. The highest BCUT2D eigenvalue weighted by Crippen LogP contribution is 2.18. The quantitative estimate of drug-likeness (QED) is 0.775. The maximum atomic E-state index is 12.3. The minimum atomic E-state index is -0.481. The summed E-state index contributed by atoms with van der Waals surface area (Å²) < 4.78 is 0. The summed E-state index contributed by atoms with van der Waals surface area (Å²) in [6, 6.07) is 21.2. The molecule has 5 heteroatoms. The van der Waals surface area contributed by atoms with Crippen molar-refractivity contribution in [2.75, 3.05) is 5.32 Å². The van der Waals surface area contributed by atoms with Gasteiger partial charge in [-0.15, -0.1) is 0 Å². The molecular weight excluding hydrogens is 302 g/mol. The van der Waals surface area contributed by atoms with E-state index in [1.54, 1.807) is 42.5 Å². The van der Waals surface area contributed by atoms with Crippen molar-refractivity contribution in [3.8, 4) is 11.3 Å². The molecule has 0 fully saturated rings. The van der Waals surface area contributed by atoms with Crippen molar-refractivity contribution in [2.24, 2.45) is 5.73 Å². The summed E-state index contributed by atoms with van der Waals surface area (Å²) in [6.45, 7) is 0. The van der Waals surface area contributed by atoms with Crippen LogP contribution in [0.2, 0.25) is 0 Å². The van der Waals surface area contributed by atoms with E-state index >= 15 is 0 Å². The van der Waals surface area contributed by atoms with E-state index in [0.717, 1.165) is 5.56 Å². The van der Waals surface area contributed by atoms with Crippen LogP contribution in [0, 0.1) is 0 Å². The highest BCUT2D eigenvalue weighted by atomic mass is 16.2. The van der Waals surface area contributed by atoms with E-state index in [-0.39, 0.29) is 5.91 Å². The predicted octanol–water partition coefficient (Wildman–Crippen LogP) is 3.10. The Labute approximate surface area is 139 Å². The lowest BCUT2D eigenvalue weighted by atomic mass is 10.1. The van der Waals surface area contributed by atoms with Crippen LogP contribution in [0.4, 0.5) is 5.69 Å². The molecule has 2 amide bonds. The zero-order valence-electron chi connectivity index (χ0n) is 12.8. The molecule has 3 rings (SSSR count). The van der Waals surface area contributed by atoms with Crippen LogP contribution in [-0.4, -0.2) is 16.8 Å². The summed E-state index contributed by atoms with van der Waals surface area (Å²) in [7, 11) is 0. The van der Waals surface area contributed by atoms with Gasteiger partial charge in [0.25, 0.3) is 5.91 Å². The van der Waals surface area contributed by atoms with Crippen LogP contribution in [-0.2, 0) is 0 Å². The number of pyridine rings is 1. The van der Waals surface area contributed by atoms with Gasteiger partial charge in [-0.1, -0.05) is 36.4 Å². The molecule has 1 heterocycles. The predicted molar refractivity (Wildman–Crippen MR) is 92.6 cm³/mol. The van der Waals surface area contributed by atoms with Gasteiger partial charge in [-0.3, -0.25) is 9.59 Å². The van der Waals surface area contributed by atoms with Crippen LogP contribution < -0.4 is 11.1 Å². The van der Waals surface area contributed by atoms with Gasteiger partial charge in [-0.25, -0.2) is 4.98 Å². The summed E-state index contributed by atoms with van der Waals surface area (Å²) in [5.74, 6) is -0.762. The topological polar surface area (TPSA) is 85.1 Å². The maximum absolute atomic E-state index is 12.3. The van der Waals surface area contributed by atoms with Gasteiger partial charge in [-0.05, 0) is 36.4 Å². The first-order valence-electron chi connectivity index (χ1n) is 7.37. The Morgan fingerprint density at radius 3 is 2.21 bits per heavy atom. The maximum Gasteiger partial charge on any atom is 0.274 e. The zero-order chi connectivity index (χ0) is 16.9. The van der Waals surface area contributed by atoms with Crippen LogP contribution in [0.15, 0.2) is 72.8 Å². The van der Waals surface area contributed by atoms with Gasteiger partial charge in [0.1, 0.15) is 5.69 Å². The van der Waals surface area contributed by atoms with Crippen molar-refractivity contribution >= 4 is 17.5 Å². The Kier molecular flexibility index (Phi) is 4.34. The lowest BCUT2D eigenvalue weighted by Crippen LogP contribution is -2.13. The Bertz CT molecular complexity index is 875. The molecule has 0 aliphatic heterocycles. The van der Waals surface area contributed by atoms with Gasteiger partial charge < -0.3 is 11.1 Å². The first kappa shape index (κ1) is 15.4. The van der Waals surface area contributed by atoms with E-state index in [0.29, 0.717) is 22.6 Å². The SMILES string of the molecule is NC(=O)c1ccc(-c2cccc(C(=O)Nc3ccccc3)n2)cc1. The molecule has 0 spiro atoms. The molecule has 0 unspecified atom stereocenters. The van der Waals surface area contributed by atoms with Crippen molar-refractivity contribution in [1.82, 2.24) is 4.98 Å². The first-order chi connectivity index (χ1) is 11.6. The van der Waals surface area contributed by atoms with Crippen molar-refractivity contribution in [1.29, 1.82) is 0 Å². The number of anilines is 1. The molecule has 0 aliphatic rings. The number of nitrogens with one attached hydrogen (secondary N) is 1. The molecule has 0 atom stereocenters. The average molecular weight is 317 g/mol. The molecule has 5 nitrogen and oxygen atoms in total. The van der Waals surface area contributed by atoms with Gasteiger partial charge >= 0.3 is 0 Å². The number of nitrogens with two attached hydrogens (primary N) is 1. The molecule has 118 valence electrons. The Morgan fingerprint density at radius 1 is 0.833 bits per heavy atom. The third-order valence-corrected chi connectivity index (χ3v) is 3.48. The monoisotopic (exact) mass is 317 g/mol. The van der Waals surface area contributed by atoms with Crippen molar-refractivity contribution in [2.45, 2.75) is 0 Å². The third-order valence-electron chi connectivity index (χ3n) is 3.48. The largest absolute Gasteiger partial charge is 0.366 e. The number of carbonyl (C=O) groups is 2. The fourth-order valence-corrected chi connectivity index (χ4v) is 2.24. The minimum Gasteiger partial charge on any atom is -0.366 e. The second-order valence-corrected chi connectivity index (χ2v) is 5.17. The van der Waals surface area contributed by atoms with Crippen LogP contribution in [0.1, 0.15) is 20.8 Å². The number of carbonyl (C=O) groups excluding carboxylic acids is 2. The number of aromatic nitrogens is 1. The molecule has 0 aliphatic carbocycles. The molecule has 1 aromatic heterocycles. The number of benzene rings is 2. The number of amides is 2. The standard InChI is InChI=1S/C19H15N3O2/c20-18(23)14-11-9-13(10-12-14)16-7-4-8-17(22-16)19(24)21-15-5-2-1-3-6-15/h1-12H,(H2,20,23)(H,21,24). The van der Waals surface area contributed by atoms with Gasteiger partial charge in [0.2, 0.25) is 5.91 Å². The molecular formula is C19H15N3O2. The first-order valence-corrected chi connectivity index (χ1v) is 7.37. The van der Waals surface area contributed by atoms with Crippen LogP contribution in [0.5, 0.6) is 0 Å². The number of hydrogen-bond donors (Lipinski definition) is 2. The molecule has 0 radical (unpaired) electrons. The highest BCUT2D eigenvalue weighted by molar-refractivity contribution is 6.03. The summed E-state index contributed by atoms with van der Waals surface area (Å²) >= 11 is 0. The molecule has 2 aromatic carbocycles. The smallest absolute Gasteiger partial charge is 0.274 e. The van der Waals surface area contributed by atoms with Crippen molar-refractivity contribution in [3.63, 3.8) is 0 Å². The summed E-state index contributed by atoms with van der Waals surface area (Å²) in [5.41, 5.74) is 8.13. The lowest BCUT2D eigenvalue weighted by molar-refractivity contribution is 0.0997. The van der Waals surface area contributed by atoms with Gasteiger partial charge in [0.05, 0.1) is 5.69 Å². The highest BCUT2D eigenvalue weighted by Gasteiger charge is 2.09. The lowest BCUT2D eigenvalue weighted by Gasteiger charge is -2.07. The van der Waals surface area contributed by atoms with E-state index in [1.807, 2.05) is 30.3 Å². The van der Waals surface area contributed by atoms with Crippen molar-refractivity contribution in [3.05, 3.63) is 84.1 Å². The average Bonchev–Trinajstić information content (AvgIpc) is 2.63. The molecule has 3 N–H and O–H groups in total. The molecule has 3 aromatic rings. The summed E-state index contributed by atoms with van der Waals surface area (Å²) in [5, 5.41) is 2.80. The molecule has 0 saturated carbocycles. The van der Waals surface area contributed by atoms with Gasteiger partial charge in [0, 0.05) is 16.8 Å². The van der Waals surface area contributed by atoms with Crippen LogP contribution in [0.3, 0.4) is 0 Å². The van der Waals surface area contributed by atoms with Gasteiger partial charge in [-0.2, -0.15) is 0 Å². The van der Waals surface area contributed by atoms with Gasteiger partial charge in [0.15, 0.2) is 0 Å². The molecule has 0 saturated heterocycles. The van der Waals surface area contributed by atoms with Crippen LogP contribution in [0.25, 0.3) is 11.3 Å². The summed E-state index contributed by atoms with van der Waals surface area (Å²) in [4.78, 5) is 27.8. The summed E-state index contributed by atoms with van der Waals surface area (Å²) in [6.07, 6.45) is 0. The van der Waals surface area contributed by atoms with Crippen molar-refractivity contribution < 1.29 is 9.59 Å². The Hall–Kier alpha value is -3.47. The van der Waals surface area contributed by atoms with E-state index in [1.165, 1.54) is 0 Å². The third kappa shape index (κ3) is 3.47. The fraction of sp³-hybridized carbons (Fsp3) is 0. The number of primary amides is 1.